The number of carbonyl (C=O) groups is 3. The number of carbonyl (C=O) groups excluding carboxylic acids is 3. The van der Waals surface area contributed by atoms with Crippen molar-refractivity contribution in [3.63, 3.8) is 0 Å². The van der Waals surface area contributed by atoms with Crippen molar-refractivity contribution in [2.75, 3.05) is 13.3 Å². The maximum atomic E-state index is 13.0. The van der Waals surface area contributed by atoms with E-state index in [1.54, 1.807) is 32.9 Å². The third kappa shape index (κ3) is 8.22. The molecule has 0 spiro atoms. The van der Waals surface area contributed by atoms with E-state index < -0.39 is 25.7 Å². The number of hydrogen-bond acceptors (Lipinski definition) is 5. The van der Waals surface area contributed by atoms with Crippen LogP contribution in [0.5, 0.6) is 0 Å². The van der Waals surface area contributed by atoms with Crippen molar-refractivity contribution in [1.29, 1.82) is 0 Å². The van der Waals surface area contributed by atoms with Gasteiger partial charge in [-0.05, 0) is 50.4 Å². The van der Waals surface area contributed by atoms with Crippen LogP contribution in [0.25, 0.3) is 0 Å². The Balaban J connectivity index is 2.00. The maximum Gasteiger partial charge on any atom is 0.407 e. The Morgan fingerprint density at radius 3 is 2.53 bits per heavy atom. The predicted molar refractivity (Wildman–Crippen MR) is 127 cm³/mol. The number of ether oxygens (including phenoxy) is 2. The first kappa shape index (κ1) is 26.4. The number of halogens is 1. The van der Waals surface area contributed by atoms with Gasteiger partial charge < -0.3 is 14.8 Å². The predicted octanol–water partition coefficient (Wildman–Crippen LogP) is 4.91. The molecule has 32 heavy (non-hydrogen) atoms. The molecular formula is C23H35ClN2O5Si. The Labute approximate surface area is 196 Å². The van der Waals surface area contributed by atoms with Gasteiger partial charge in [-0.25, -0.2) is 4.79 Å². The minimum Gasteiger partial charge on any atom is -0.444 e. The molecule has 1 aromatic rings. The number of likely N-dealkylation sites (tertiary alicyclic amines) is 1. The molecule has 1 atom stereocenters. The first-order valence-electron chi connectivity index (χ1n) is 10.9. The second kappa shape index (κ2) is 10.8. The quantitative estimate of drug-likeness (QED) is 0.323. The van der Waals surface area contributed by atoms with Crippen molar-refractivity contribution in [3.8, 4) is 0 Å². The van der Waals surface area contributed by atoms with Gasteiger partial charge in [0.05, 0.1) is 5.92 Å². The van der Waals surface area contributed by atoms with Gasteiger partial charge in [-0.15, -0.1) is 0 Å². The molecule has 0 bridgehead atoms. The zero-order valence-corrected chi connectivity index (χ0v) is 21.7. The Morgan fingerprint density at radius 2 is 1.94 bits per heavy atom. The summed E-state index contributed by atoms with van der Waals surface area (Å²) in [7, 11) is -1.25. The number of nitrogens with zero attached hydrogens (tertiary/aromatic N) is 1. The number of imide groups is 1. The molecule has 9 heteroatoms. The van der Waals surface area contributed by atoms with Crippen LogP contribution in [-0.2, 0) is 25.6 Å². The number of alkyl carbamates (subject to hydrolysis) is 1. The highest BCUT2D eigenvalue weighted by atomic mass is 35.5. The van der Waals surface area contributed by atoms with E-state index in [2.05, 4.69) is 25.0 Å². The smallest absolute Gasteiger partial charge is 0.407 e. The molecule has 1 fully saturated rings. The summed E-state index contributed by atoms with van der Waals surface area (Å²) < 4.78 is 10.9. The number of hydrogen-bond donors (Lipinski definition) is 1. The molecule has 0 aromatic heterocycles. The highest BCUT2D eigenvalue weighted by Gasteiger charge is 2.36. The molecule has 0 aliphatic carbocycles. The molecule has 2 rings (SSSR count). The van der Waals surface area contributed by atoms with Crippen LogP contribution in [0, 0.1) is 0 Å². The first-order valence-corrected chi connectivity index (χ1v) is 15.0. The van der Waals surface area contributed by atoms with E-state index in [9.17, 15) is 14.4 Å². The SMILES string of the molecule is CC(C)(C)OC(=O)NCc1ccc(C2CCC(=O)N(COCC[Si](C)(C)C)C2=O)c(Cl)c1. The Hall–Kier alpha value is -1.90. The topological polar surface area (TPSA) is 84.9 Å². The van der Waals surface area contributed by atoms with Crippen LogP contribution in [0.1, 0.15) is 50.7 Å². The van der Waals surface area contributed by atoms with Gasteiger partial charge in [-0.3, -0.25) is 14.5 Å². The van der Waals surface area contributed by atoms with Crippen molar-refractivity contribution < 1.29 is 23.9 Å². The van der Waals surface area contributed by atoms with Crippen LogP contribution in [0.4, 0.5) is 4.79 Å². The molecule has 1 saturated heterocycles. The average Bonchev–Trinajstić information content (AvgIpc) is 2.64. The van der Waals surface area contributed by atoms with E-state index in [1.807, 2.05) is 6.07 Å². The molecule has 1 heterocycles. The fourth-order valence-electron chi connectivity index (χ4n) is 3.25. The van der Waals surface area contributed by atoms with Crippen molar-refractivity contribution >= 4 is 37.6 Å². The number of amides is 3. The van der Waals surface area contributed by atoms with Crippen molar-refractivity contribution in [3.05, 3.63) is 34.3 Å². The number of rotatable bonds is 8. The molecule has 178 valence electrons. The molecule has 7 nitrogen and oxygen atoms in total. The van der Waals surface area contributed by atoms with E-state index in [0.29, 0.717) is 23.6 Å². The third-order valence-corrected chi connectivity index (χ3v) is 7.04. The zero-order valence-electron chi connectivity index (χ0n) is 19.9. The van der Waals surface area contributed by atoms with Crippen molar-refractivity contribution in [2.45, 2.75) is 77.4 Å². The lowest BCUT2D eigenvalue weighted by atomic mass is 9.89. The lowest BCUT2D eigenvalue weighted by Gasteiger charge is -2.31. The highest BCUT2D eigenvalue weighted by Crippen LogP contribution is 2.34. The molecule has 3 amide bonds. The molecule has 0 saturated carbocycles. The fraction of sp³-hybridized carbons (Fsp3) is 0.609. The minimum atomic E-state index is -1.25. The van der Waals surface area contributed by atoms with Crippen LogP contribution in [-0.4, -0.2) is 49.8 Å². The summed E-state index contributed by atoms with van der Waals surface area (Å²) in [6.45, 7) is 12.9. The van der Waals surface area contributed by atoms with Gasteiger partial charge in [0.2, 0.25) is 11.8 Å². The second-order valence-corrected chi connectivity index (χ2v) is 16.3. The summed E-state index contributed by atoms with van der Waals surface area (Å²) in [5.74, 6) is -0.988. The van der Waals surface area contributed by atoms with Crippen LogP contribution in [0.15, 0.2) is 18.2 Å². The molecule has 1 aromatic carbocycles. The molecule has 1 aliphatic rings. The maximum absolute atomic E-state index is 13.0. The Bertz CT molecular complexity index is 848. The summed E-state index contributed by atoms with van der Waals surface area (Å²) in [5, 5.41) is 3.12. The Kier molecular flexibility index (Phi) is 8.90. The number of benzene rings is 1. The standard InChI is InChI=1S/C23H35ClN2O5Si/c1-23(2,3)31-22(29)25-14-16-7-8-17(19(24)13-16)18-9-10-20(27)26(21(18)28)15-30-11-12-32(4,5)6/h7-8,13,18H,9-12,14-15H2,1-6H3,(H,25,29). The molecule has 1 N–H and O–H groups in total. The summed E-state index contributed by atoms with van der Waals surface area (Å²) in [4.78, 5) is 38.4. The summed E-state index contributed by atoms with van der Waals surface area (Å²) in [6, 6.07) is 6.30. The molecule has 0 radical (unpaired) electrons. The minimum absolute atomic E-state index is 0.0197. The van der Waals surface area contributed by atoms with E-state index in [0.717, 1.165) is 11.6 Å². The van der Waals surface area contributed by atoms with E-state index in [-0.39, 0.29) is 31.5 Å². The molecule has 1 unspecified atom stereocenters. The van der Waals surface area contributed by atoms with Crippen molar-refractivity contribution in [1.82, 2.24) is 10.2 Å². The van der Waals surface area contributed by atoms with Gasteiger partial charge in [0.1, 0.15) is 12.3 Å². The largest absolute Gasteiger partial charge is 0.444 e. The van der Waals surface area contributed by atoms with Crippen LogP contribution < -0.4 is 5.32 Å². The van der Waals surface area contributed by atoms with E-state index >= 15 is 0 Å². The lowest BCUT2D eigenvalue weighted by molar-refractivity contribution is -0.155. The third-order valence-electron chi connectivity index (χ3n) is 5.00. The van der Waals surface area contributed by atoms with Gasteiger partial charge in [0.15, 0.2) is 0 Å². The van der Waals surface area contributed by atoms with Gasteiger partial charge in [0.25, 0.3) is 0 Å². The van der Waals surface area contributed by atoms with Gasteiger partial charge >= 0.3 is 6.09 Å². The molecule has 1 aliphatic heterocycles. The Morgan fingerprint density at radius 1 is 1.25 bits per heavy atom. The summed E-state index contributed by atoms with van der Waals surface area (Å²) in [6.07, 6.45) is 0.174. The zero-order chi connectivity index (χ0) is 24.1. The number of piperidine rings is 1. The average molecular weight is 483 g/mol. The fourth-order valence-corrected chi connectivity index (χ4v) is 4.34. The van der Waals surface area contributed by atoms with E-state index in [4.69, 9.17) is 21.1 Å². The van der Waals surface area contributed by atoms with Crippen LogP contribution >= 0.6 is 11.6 Å². The first-order chi connectivity index (χ1) is 14.8. The second-order valence-electron chi connectivity index (χ2n) is 10.3. The summed E-state index contributed by atoms with van der Waals surface area (Å²) >= 11 is 6.48. The van der Waals surface area contributed by atoms with Gasteiger partial charge in [-0.1, -0.05) is 43.4 Å². The van der Waals surface area contributed by atoms with Crippen molar-refractivity contribution in [2.24, 2.45) is 0 Å². The highest BCUT2D eigenvalue weighted by molar-refractivity contribution is 6.76. The van der Waals surface area contributed by atoms with Crippen LogP contribution in [0.3, 0.4) is 0 Å². The van der Waals surface area contributed by atoms with E-state index in [1.165, 1.54) is 4.90 Å². The van der Waals surface area contributed by atoms with Crippen LogP contribution in [0.2, 0.25) is 30.7 Å². The normalized spacial score (nSPS) is 17.5. The molecular weight excluding hydrogens is 448 g/mol. The lowest BCUT2D eigenvalue weighted by Crippen LogP contribution is -2.45. The van der Waals surface area contributed by atoms with Gasteiger partial charge in [-0.2, -0.15) is 0 Å². The summed E-state index contributed by atoms with van der Waals surface area (Å²) in [5.41, 5.74) is 0.891. The number of nitrogens with one attached hydrogen (secondary N) is 1. The van der Waals surface area contributed by atoms with Gasteiger partial charge in [0, 0.05) is 32.7 Å². The monoisotopic (exact) mass is 482 g/mol.